The van der Waals surface area contributed by atoms with E-state index in [4.69, 9.17) is 0 Å². The molecule has 0 saturated carbocycles. The van der Waals surface area contributed by atoms with Gasteiger partial charge in [-0.25, -0.2) is 22.5 Å². The van der Waals surface area contributed by atoms with Crippen LogP contribution in [0.3, 0.4) is 0 Å². The van der Waals surface area contributed by atoms with E-state index >= 15 is 0 Å². The molecule has 1 saturated heterocycles. The molecule has 0 spiro atoms. The van der Waals surface area contributed by atoms with Crippen LogP contribution in [0.15, 0.2) is 70.4 Å². The van der Waals surface area contributed by atoms with Gasteiger partial charge >= 0.3 is 5.69 Å². The molecule has 1 aliphatic rings. The molecular formula is C20H22N4O3S. The number of aromatic nitrogens is 3. The summed E-state index contributed by atoms with van der Waals surface area (Å²) < 4.78 is 30.4. The number of hydrogen-bond donors (Lipinski definition) is 0. The Balaban J connectivity index is 1.70. The zero-order valence-electron chi connectivity index (χ0n) is 15.6. The number of sulfonamides is 1. The summed E-state index contributed by atoms with van der Waals surface area (Å²) in [4.78, 5) is 13.0. The lowest BCUT2D eigenvalue weighted by molar-refractivity contribution is 0.307. The van der Waals surface area contributed by atoms with Crippen molar-refractivity contribution in [2.45, 2.75) is 23.7 Å². The standard InChI is InChI=1S/C20H22N4O3S/c1-22-20(25)24(17-10-4-2-5-11-17)19(21-22)16-9-8-14-23(15-16)28(26,27)18-12-6-3-7-13-18/h2-7,10-13,16H,8-9,14-15H2,1H3. The maximum atomic E-state index is 13.0. The molecule has 7 nitrogen and oxygen atoms in total. The molecule has 3 aromatic rings. The van der Waals surface area contributed by atoms with Crippen molar-refractivity contribution < 1.29 is 8.42 Å². The number of nitrogens with zero attached hydrogens (tertiary/aromatic N) is 4. The molecule has 0 aliphatic carbocycles. The molecule has 0 radical (unpaired) electrons. The highest BCUT2D eigenvalue weighted by atomic mass is 32.2. The smallest absolute Gasteiger partial charge is 0.247 e. The lowest BCUT2D eigenvalue weighted by Crippen LogP contribution is -2.40. The van der Waals surface area contributed by atoms with E-state index in [1.54, 1.807) is 41.9 Å². The molecule has 8 heteroatoms. The molecule has 2 aromatic carbocycles. The molecule has 4 rings (SSSR count). The van der Waals surface area contributed by atoms with E-state index in [1.807, 2.05) is 30.3 Å². The Bertz CT molecular complexity index is 1120. The number of para-hydroxylation sites is 1. The fourth-order valence-corrected chi connectivity index (χ4v) is 5.23. The molecule has 28 heavy (non-hydrogen) atoms. The van der Waals surface area contributed by atoms with Crippen molar-refractivity contribution in [2.24, 2.45) is 7.05 Å². The minimum Gasteiger partial charge on any atom is -0.247 e. The lowest BCUT2D eigenvalue weighted by atomic mass is 9.98. The quantitative estimate of drug-likeness (QED) is 0.675. The highest BCUT2D eigenvalue weighted by molar-refractivity contribution is 7.89. The first kappa shape index (κ1) is 18.6. The molecule has 0 N–H and O–H groups in total. The number of benzene rings is 2. The Labute approximate surface area is 163 Å². The van der Waals surface area contributed by atoms with Crippen LogP contribution >= 0.6 is 0 Å². The SMILES string of the molecule is Cn1nc(C2CCCN(S(=O)(=O)c3ccccc3)C2)n(-c2ccccc2)c1=O. The first-order valence-corrected chi connectivity index (χ1v) is 10.7. The van der Waals surface area contributed by atoms with Gasteiger partial charge in [-0.05, 0) is 37.1 Å². The minimum absolute atomic E-state index is 0.152. The maximum Gasteiger partial charge on any atom is 0.350 e. The third-order valence-electron chi connectivity index (χ3n) is 5.09. The van der Waals surface area contributed by atoms with Crippen LogP contribution in [0.4, 0.5) is 0 Å². The number of rotatable bonds is 4. The van der Waals surface area contributed by atoms with Crippen LogP contribution in [0.25, 0.3) is 5.69 Å². The number of hydrogen-bond acceptors (Lipinski definition) is 4. The largest absolute Gasteiger partial charge is 0.350 e. The average molecular weight is 398 g/mol. The second-order valence-electron chi connectivity index (χ2n) is 6.95. The lowest BCUT2D eigenvalue weighted by Gasteiger charge is -2.31. The Morgan fingerprint density at radius 3 is 2.32 bits per heavy atom. The summed E-state index contributed by atoms with van der Waals surface area (Å²) in [5, 5.41) is 4.45. The van der Waals surface area contributed by atoms with E-state index in [2.05, 4.69) is 5.10 Å². The average Bonchev–Trinajstić information content (AvgIpc) is 3.04. The third-order valence-corrected chi connectivity index (χ3v) is 6.97. The van der Waals surface area contributed by atoms with Crippen molar-refractivity contribution in [2.75, 3.05) is 13.1 Å². The van der Waals surface area contributed by atoms with Gasteiger partial charge in [0.15, 0.2) is 0 Å². The summed E-state index contributed by atoms with van der Waals surface area (Å²) >= 11 is 0. The van der Waals surface area contributed by atoms with Gasteiger partial charge in [-0.3, -0.25) is 0 Å². The Hall–Kier alpha value is -2.71. The van der Waals surface area contributed by atoms with Crippen molar-refractivity contribution in [3.8, 4) is 5.69 Å². The Morgan fingerprint density at radius 2 is 1.64 bits per heavy atom. The molecular weight excluding hydrogens is 376 g/mol. The topological polar surface area (TPSA) is 77.2 Å². The zero-order chi connectivity index (χ0) is 19.7. The van der Waals surface area contributed by atoms with Crippen molar-refractivity contribution >= 4 is 10.0 Å². The summed E-state index contributed by atoms with van der Waals surface area (Å²) in [6.07, 6.45) is 1.50. The van der Waals surface area contributed by atoms with Gasteiger partial charge in [-0.15, -0.1) is 0 Å². The van der Waals surface area contributed by atoms with Gasteiger partial charge in [-0.2, -0.15) is 9.40 Å². The normalized spacial score (nSPS) is 18.2. The fourth-order valence-electron chi connectivity index (χ4n) is 3.68. The van der Waals surface area contributed by atoms with Crippen LogP contribution in [0.2, 0.25) is 0 Å². The first-order chi connectivity index (χ1) is 13.5. The van der Waals surface area contributed by atoms with Crippen LogP contribution in [0, 0.1) is 0 Å². The van der Waals surface area contributed by atoms with Gasteiger partial charge in [-0.1, -0.05) is 36.4 Å². The van der Waals surface area contributed by atoms with Gasteiger partial charge in [0, 0.05) is 26.1 Å². The van der Waals surface area contributed by atoms with Crippen molar-refractivity contribution in [3.63, 3.8) is 0 Å². The van der Waals surface area contributed by atoms with E-state index in [0.29, 0.717) is 18.9 Å². The van der Waals surface area contributed by atoms with Crippen LogP contribution in [0.1, 0.15) is 24.6 Å². The highest BCUT2D eigenvalue weighted by Gasteiger charge is 2.33. The summed E-state index contributed by atoms with van der Waals surface area (Å²) in [6, 6.07) is 17.8. The van der Waals surface area contributed by atoms with Gasteiger partial charge in [0.05, 0.1) is 10.6 Å². The third kappa shape index (κ3) is 3.29. The molecule has 1 unspecified atom stereocenters. The van der Waals surface area contributed by atoms with Crippen molar-refractivity contribution in [3.05, 3.63) is 77.0 Å². The number of piperidine rings is 1. The van der Waals surface area contributed by atoms with Crippen LogP contribution in [0.5, 0.6) is 0 Å². The number of aryl methyl sites for hydroxylation is 1. The molecule has 1 fully saturated rings. The van der Waals surface area contributed by atoms with E-state index in [1.165, 1.54) is 8.99 Å². The van der Waals surface area contributed by atoms with Gasteiger partial charge < -0.3 is 0 Å². The zero-order valence-corrected chi connectivity index (χ0v) is 16.4. The minimum atomic E-state index is -3.57. The first-order valence-electron chi connectivity index (χ1n) is 9.25. The van der Waals surface area contributed by atoms with E-state index in [-0.39, 0.29) is 16.5 Å². The molecule has 1 atom stereocenters. The maximum absolute atomic E-state index is 13.0. The molecule has 2 heterocycles. The fraction of sp³-hybridized carbons (Fsp3) is 0.300. The van der Waals surface area contributed by atoms with Gasteiger partial charge in [0.2, 0.25) is 10.0 Å². The predicted octanol–water partition coefficient (Wildman–Crippen LogP) is 2.14. The van der Waals surface area contributed by atoms with Crippen LogP contribution < -0.4 is 5.69 Å². The summed E-state index contributed by atoms with van der Waals surface area (Å²) in [6.45, 7) is 0.774. The molecule has 1 aliphatic heterocycles. The van der Waals surface area contributed by atoms with Crippen LogP contribution in [-0.4, -0.2) is 40.2 Å². The molecule has 0 bridgehead atoms. The monoisotopic (exact) mass is 398 g/mol. The van der Waals surface area contributed by atoms with E-state index in [9.17, 15) is 13.2 Å². The summed E-state index contributed by atoms with van der Waals surface area (Å²) in [5.74, 6) is 0.452. The molecule has 0 amide bonds. The Morgan fingerprint density at radius 1 is 1.00 bits per heavy atom. The summed E-state index contributed by atoms with van der Waals surface area (Å²) in [7, 11) is -1.95. The second kappa shape index (κ2) is 7.37. The van der Waals surface area contributed by atoms with Gasteiger partial charge in [0.25, 0.3) is 0 Å². The Kier molecular flexibility index (Phi) is 4.91. The van der Waals surface area contributed by atoms with Crippen molar-refractivity contribution in [1.29, 1.82) is 0 Å². The molecule has 1 aromatic heterocycles. The molecule has 146 valence electrons. The van der Waals surface area contributed by atoms with E-state index < -0.39 is 10.0 Å². The van der Waals surface area contributed by atoms with Crippen molar-refractivity contribution in [1.82, 2.24) is 18.7 Å². The second-order valence-corrected chi connectivity index (χ2v) is 8.89. The van der Waals surface area contributed by atoms with E-state index in [0.717, 1.165) is 18.5 Å². The highest BCUT2D eigenvalue weighted by Crippen LogP contribution is 2.30. The van der Waals surface area contributed by atoms with Gasteiger partial charge in [0.1, 0.15) is 5.82 Å². The summed E-state index contributed by atoms with van der Waals surface area (Å²) in [5.41, 5.74) is 0.503. The predicted molar refractivity (Wildman–Crippen MR) is 106 cm³/mol. The van der Waals surface area contributed by atoms with Crippen LogP contribution in [-0.2, 0) is 17.1 Å².